The highest BCUT2D eigenvalue weighted by atomic mass is 19.1. The number of aliphatic hydroxyl groups is 1. The fraction of sp³-hybridized carbons (Fsp3) is 0.400. The van der Waals surface area contributed by atoms with Crippen molar-refractivity contribution < 1.29 is 23.8 Å². The van der Waals surface area contributed by atoms with Crippen LogP contribution in [0.1, 0.15) is 23.8 Å². The zero-order chi connectivity index (χ0) is 24.4. The van der Waals surface area contributed by atoms with Crippen LogP contribution in [0.15, 0.2) is 42.6 Å². The Kier molecular flexibility index (Phi) is 6.76. The number of hydrogen-bond donors (Lipinski definition) is 3. The molecule has 3 N–H and O–H groups in total. The third-order valence-electron chi connectivity index (χ3n) is 6.48. The lowest BCUT2D eigenvalue weighted by Crippen LogP contribution is -2.51. The number of carbonyl (C=O) groups excluding carboxylic acids is 1. The van der Waals surface area contributed by atoms with Crippen LogP contribution < -0.4 is 20.1 Å². The fourth-order valence-electron chi connectivity index (χ4n) is 4.61. The highest BCUT2D eigenvalue weighted by Crippen LogP contribution is 2.28. The first-order chi connectivity index (χ1) is 17.0. The minimum atomic E-state index is -1.09. The zero-order valence-corrected chi connectivity index (χ0v) is 19.4. The molecule has 0 bridgehead atoms. The molecule has 9 nitrogen and oxygen atoms in total. The molecule has 5 rings (SSSR count). The number of benzene rings is 1. The number of nitrogens with zero attached hydrogens (tertiary/aromatic N) is 3. The molecule has 1 aromatic carbocycles. The first-order valence-corrected chi connectivity index (χ1v) is 11.6. The SMILES string of the molecule is COc1ccc2nccc([C@H](O)CN3CCC(NCc4ccc5c(n4)NC(=O)CO5)C(F)C3)c2c1. The van der Waals surface area contributed by atoms with E-state index in [-0.39, 0.29) is 25.1 Å². The number of carbonyl (C=O) groups is 1. The molecule has 1 amide bonds. The largest absolute Gasteiger partial charge is 0.497 e. The van der Waals surface area contributed by atoms with Crippen molar-refractivity contribution in [1.29, 1.82) is 0 Å². The molecule has 1 saturated heterocycles. The van der Waals surface area contributed by atoms with Gasteiger partial charge >= 0.3 is 0 Å². The van der Waals surface area contributed by atoms with Gasteiger partial charge in [-0.25, -0.2) is 9.37 Å². The Labute approximate surface area is 202 Å². The van der Waals surface area contributed by atoms with Gasteiger partial charge in [-0.15, -0.1) is 0 Å². The maximum absolute atomic E-state index is 15.0. The van der Waals surface area contributed by atoms with Crippen molar-refractivity contribution >= 4 is 22.6 Å². The molecule has 3 aromatic rings. The molecule has 1 fully saturated rings. The number of likely N-dealkylation sites (tertiary alicyclic amines) is 1. The molecule has 4 heterocycles. The Balaban J connectivity index is 1.17. The number of piperidine rings is 1. The van der Waals surface area contributed by atoms with Gasteiger partial charge in [0.25, 0.3) is 5.91 Å². The summed E-state index contributed by atoms with van der Waals surface area (Å²) >= 11 is 0. The number of nitrogens with one attached hydrogen (secondary N) is 2. The van der Waals surface area contributed by atoms with Gasteiger partial charge in [0.2, 0.25) is 0 Å². The maximum atomic E-state index is 15.0. The van der Waals surface area contributed by atoms with Crippen LogP contribution in [0.3, 0.4) is 0 Å². The number of β-amino-alcohol motifs (C(OH)–C–C–N with tert-alkyl or cyclic N) is 1. The minimum Gasteiger partial charge on any atom is -0.497 e. The number of alkyl halides is 1. The number of hydrogen-bond acceptors (Lipinski definition) is 8. The average Bonchev–Trinajstić information content (AvgIpc) is 2.87. The first-order valence-electron chi connectivity index (χ1n) is 11.6. The number of amides is 1. The average molecular weight is 482 g/mol. The van der Waals surface area contributed by atoms with E-state index in [0.29, 0.717) is 49.1 Å². The van der Waals surface area contributed by atoms with E-state index < -0.39 is 12.3 Å². The molecular formula is C25H28FN5O4. The lowest BCUT2D eigenvalue weighted by molar-refractivity contribution is -0.118. The molecule has 2 unspecified atom stereocenters. The van der Waals surface area contributed by atoms with E-state index in [0.717, 1.165) is 16.5 Å². The number of aliphatic hydroxyl groups excluding tert-OH is 1. The van der Waals surface area contributed by atoms with Crippen LogP contribution in [0, 0.1) is 0 Å². The van der Waals surface area contributed by atoms with E-state index in [9.17, 15) is 9.90 Å². The lowest BCUT2D eigenvalue weighted by atomic mass is 10.00. The van der Waals surface area contributed by atoms with Gasteiger partial charge in [-0.3, -0.25) is 14.7 Å². The van der Waals surface area contributed by atoms with Crippen LogP contribution >= 0.6 is 0 Å². The topological polar surface area (TPSA) is 109 Å². The number of ether oxygens (including phenoxy) is 2. The highest BCUT2D eigenvalue weighted by Gasteiger charge is 2.30. The predicted octanol–water partition coefficient (Wildman–Crippen LogP) is 2.20. The molecule has 3 atom stereocenters. The van der Waals surface area contributed by atoms with Crippen molar-refractivity contribution in [2.45, 2.75) is 31.3 Å². The Hall–Kier alpha value is -3.34. The fourth-order valence-corrected chi connectivity index (χ4v) is 4.61. The summed E-state index contributed by atoms with van der Waals surface area (Å²) in [5, 5.41) is 17.7. The Morgan fingerprint density at radius 3 is 3.06 bits per heavy atom. The van der Waals surface area contributed by atoms with Crippen molar-refractivity contribution in [2.75, 3.05) is 38.7 Å². The number of rotatable bonds is 7. The van der Waals surface area contributed by atoms with Gasteiger partial charge in [0.05, 0.1) is 24.4 Å². The molecule has 184 valence electrons. The van der Waals surface area contributed by atoms with Crippen molar-refractivity contribution in [3.8, 4) is 11.5 Å². The Bertz CT molecular complexity index is 1230. The highest BCUT2D eigenvalue weighted by molar-refractivity contribution is 5.94. The van der Waals surface area contributed by atoms with E-state index in [2.05, 4.69) is 20.6 Å². The Morgan fingerprint density at radius 2 is 2.23 bits per heavy atom. The van der Waals surface area contributed by atoms with Crippen LogP contribution in [-0.4, -0.2) is 71.4 Å². The van der Waals surface area contributed by atoms with Crippen LogP contribution in [0.5, 0.6) is 11.5 Å². The number of methoxy groups -OCH3 is 1. The third-order valence-corrected chi connectivity index (χ3v) is 6.48. The predicted molar refractivity (Wildman–Crippen MR) is 128 cm³/mol. The summed E-state index contributed by atoms with van der Waals surface area (Å²) in [7, 11) is 1.60. The van der Waals surface area contributed by atoms with Gasteiger partial charge in [0.15, 0.2) is 18.2 Å². The molecule has 0 saturated carbocycles. The van der Waals surface area contributed by atoms with Gasteiger partial charge < -0.3 is 25.2 Å². The summed E-state index contributed by atoms with van der Waals surface area (Å²) in [6, 6.07) is 10.6. The molecule has 0 spiro atoms. The van der Waals surface area contributed by atoms with E-state index in [1.807, 2.05) is 23.1 Å². The van der Waals surface area contributed by atoms with Gasteiger partial charge in [-0.05, 0) is 54.9 Å². The van der Waals surface area contributed by atoms with Crippen LogP contribution in [-0.2, 0) is 11.3 Å². The van der Waals surface area contributed by atoms with E-state index in [1.54, 1.807) is 31.5 Å². The summed E-state index contributed by atoms with van der Waals surface area (Å²) in [5.74, 6) is 1.37. The zero-order valence-electron chi connectivity index (χ0n) is 19.4. The standard InChI is InChI=1S/C25H28FN5O4/c1-34-16-3-4-20-18(10-16)17(6-8-27-20)22(32)13-31-9-7-21(19(26)12-31)28-11-15-2-5-23-25(29-15)30-24(33)14-35-23/h2-6,8,10,19,21-22,28,32H,7,9,11-14H2,1H3,(H,29,30,33)/t19?,21?,22-/m1/s1. The van der Waals surface area contributed by atoms with Crippen molar-refractivity contribution in [3.05, 3.63) is 53.9 Å². The molecule has 2 aliphatic rings. The van der Waals surface area contributed by atoms with E-state index in [4.69, 9.17) is 9.47 Å². The normalized spacial score (nSPS) is 21.2. The quantitative estimate of drug-likeness (QED) is 0.471. The summed E-state index contributed by atoms with van der Waals surface area (Å²) in [6.45, 7) is 1.57. The molecule has 0 aliphatic carbocycles. The molecular weight excluding hydrogens is 453 g/mol. The second-order valence-corrected chi connectivity index (χ2v) is 8.84. The van der Waals surface area contributed by atoms with Crippen molar-refractivity contribution in [2.24, 2.45) is 0 Å². The first kappa shape index (κ1) is 23.4. The number of fused-ring (bicyclic) bond motifs is 2. The van der Waals surface area contributed by atoms with Crippen LogP contribution in [0.25, 0.3) is 10.9 Å². The molecule has 0 radical (unpaired) electrons. The minimum absolute atomic E-state index is 0.0192. The second-order valence-electron chi connectivity index (χ2n) is 8.84. The summed E-state index contributed by atoms with van der Waals surface area (Å²) in [6.07, 6.45) is 0.407. The van der Waals surface area contributed by atoms with Gasteiger partial charge in [-0.2, -0.15) is 0 Å². The van der Waals surface area contributed by atoms with Crippen LogP contribution in [0.4, 0.5) is 10.2 Å². The molecule has 10 heteroatoms. The number of pyridine rings is 2. The van der Waals surface area contributed by atoms with Crippen molar-refractivity contribution in [1.82, 2.24) is 20.2 Å². The van der Waals surface area contributed by atoms with E-state index in [1.165, 1.54) is 0 Å². The summed E-state index contributed by atoms with van der Waals surface area (Å²) < 4.78 is 25.7. The number of aromatic nitrogens is 2. The van der Waals surface area contributed by atoms with Gasteiger partial charge in [0, 0.05) is 37.3 Å². The second kappa shape index (κ2) is 10.1. The van der Waals surface area contributed by atoms with Gasteiger partial charge in [-0.1, -0.05) is 0 Å². The Morgan fingerprint density at radius 1 is 1.34 bits per heavy atom. The molecule has 2 aliphatic heterocycles. The molecule has 35 heavy (non-hydrogen) atoms. The number of halogens is 1. The van der Waals surface area contributed by atoms with Gasteiger partial charge in [0.1, 0.15) is 11.9 Å². The van der Waals surface area contributed by atoms with Crippen LogP contribution in [0.2, 0.25) is 0 Å². The number of anilines is 1. The van der Waals surface area contributed by atoms with Crippen molar-refractivity contribution in [3.63, 3.8) is 0 Å². The monoisotopic (exact) mass is 481 g/mol. The lowest BCUT2D eigenvalue weighted by Gasteiger charge is -2.36. The molecule has 2 aromatic heterocycles. The van der Waals surface area contributed by atoms with E-state index >= 15 is 4.39 Å². The summed E-state index contributed by atoms with van der Waals surface area (Å²) in [5.41, 5.74) is 2.22. The smallest absolute Gasteiger partial charge is 0.263 e. The maximum Gasteiger partial charge on any atom is 0.263 e. The third kappa shape index (κ3) is 5.19. The summed E-state index contributed by atoms with van der Waals surface area (Å²) in [4.78, 5) is 22.2.